The summed E-state index contributed by atoms with van der Waals surface area (Å²) >= 11 is 1.95. The lowest BCUT2D eigenvalue weighted by atomic mass is 10.0. The van der Waals surface area contributed by atoms with Gasteiger partial charge >= 0.3 is 0 Å². The topological polar surface area (TPSA) is 34.1 Å². The lowest BCUT2D eigenvalue weighted by Crippen LogP contribution is -2.18. The number of methoxy groups -OCH3 is 1. The first kappa shape index (κ1) is 14.8. The average Bonchev–Trinajstić information content (AvgIpc) is 2.46. The third-order valence-electron chi connectivity index (χ3n) is 3.45. The number of rotatable bonds is 7. The van der Waals surface area contributed by atoms with Crippen LogP contribution in [0.5, 0.6) is 0 Å². The lowest BCUT2D eigenvalue weighted by Gasteiger charge is -2.20. The molecular weight excluding hydrogens is 256 g/mol. The van der Waals surface area contributed by atoms with E-state index >= 15 is 0 Å². The van der Waals surface area contributed by atoms with Gasteiger partial charge in [0, 0.05) is 31.6 Å². The van der Waals surface area contributed by atoms with Crippen molar-refractivity contribution in [3.8, 4) is 0 Å². The molecule has 1 saturated carbocycles. The highest BCUT2D eigenvalue weighted by Crippen LogP contribution is 2.32. The van der Waals surface area contributed by atoms with Gasteiger partial charge in [-0.1, -0.05) is 25.3 Å². The van der Waals surface area contributed by atoms with E-state index in [0.29, 0.717) is 0 Å². The van der Waals surface area contributed by atoms with Gasteiger partial charge in [-0.05, 0) is 24.5 Å². The van der Waals surface area contributed by atoms with Crippen molar-refractivity contribution in [1.29, 1.82) is 0 Å². The summed E-state index contributed by atoms with van der Waals surface area (Å²) < 4.78 is 5.00. The van der Waals surface area contributed by atoms with Crippen LogP contribution in [-0.4, -0.2) is 30.5 Å². The second-order valence-electron chi connectivity index (χ2n) is 5.05. The van der Waals surface area contributed by atoms with Gasteiger partial charge < -0.3 is 10.1 Å². The largest absolute Gasteiger partial charge is 0.383 e. The fraction of sp³-hybridized carbons (Fsp3) is 0.667. The van der Waals surface area contributed by atoms with Gasteiger partial charge in [-0.25, -0.2) is 4.98 Å². The van der Waals surface area contributed by atoms with E-state index < -0.39 is 0 Å². The van der Waals surface area contributed by atoms with Crippen molar-refractivity contribution in [1.82, 2.24) is 10.3 Å². The third-order valence-corrected chi connectivity index (χ3v) is 4.74. The van der Waals surface area contributed by atoms with E-state index in [0.717, 1.165) is 24.9 Å². The second-order valence-corrected chi connectivity index (χ2v) is 6.37. The molecule has 0 atom stereocenters. The first-order chi connectivity index (χ1) is 9.38. The van der Waals surface area contributed by atoms with Crippen molar-refractivity contribution in [2.75, 3.05) is 20.3 Å². The molecule has 0 bridgehead atoms. The molecule has 0 spiro atoms. The van der Waals surface area contributed by atoms with E-state index in [2.05, 4.69) is 22.4 Å². The van der Waals surface area contributed by atoms with E-state index in [1.54, 1.807) is 7.11 Å². The minimum atomic E-state index is 0.753. The molecule has 0 saturated heterocycles. The van der Waals surface area contributed by atoms with E-state index in [1.807, 2.05) is 18.0 Å². The molecule has 2 rings (SSSR count). The van der Waals surface area contributed by atoms with Gasteiger partial charge in [-0.3, -0.25) is 0 Å². The van der Waals surface area contributed by atoms with Gasteiger partial charge in [0.2, 0.25) is 0 Å². The molecule has 1 fully saturated rings. The average molecular weight is 280 g/mol. The Morgan fingerprint density at radius 1 is 1.32 bits per heavy atom. The molecule has 0 aromatic carbocycles. The fourth-order valence-corrected chi connectivity index (χ4v) is 3.52. The number of hydrogen-bond acceptors (Lipinski definition) is 4. The number of ether oxygens (including phenoxy) is 1. The number of thioether (sulfide) groups is 1. The highest BCUT2D eigenvalue weighted by molar-refractivity contribution is 7.99. The van der Waals surface area contributed by atoms with Gasteiger partial charge in [0.1, 0.15) is 0 Å². The lowest BCUT2D eigenvalue weighted by molar-refractivity contribution is 0.199. The third kappa shape index (κ3) is 5.51. The molecule has 0 unspecified atom stereocenters. The van der Waals surface area contributed by atoms with E-state index in [9.17, 15) is 0 Å². The fourth-order valence-electron chi connectivity index (χ4n) is 2.35. The maximum Gasteiger partial charge on any atom is 0.0962 e. The van der Waals surface area contributed by atoms with Crippen LogP contribution in [0.2, 0.25) is 0 Å². The first-order valence-corrected chi connectivity index (χ1v) is 8.07. The molecule has 0 amide bonds. The first-order valence-electron chi connectivity index (χ1n) is 7.20. The van der Waals surface area contributed by atoms with Crippen LogP contribution >= 0.6 is 11.8 Å². The van der Waals surface area contributed by atoms with Crippen LogP contribution < -0.4 is 5.32 Å². The van der Waals surface area contributed by atoms with E-state index in [4.69, 9.17) is 4.74 Å². The van der Waals surface area contributed by atoms with Gasteiger partial charge in [0.05, 0.1) is 11.6 Å². The second kappa shape index (κ2) is 8.56. The van der Waals surface area contributed by atoms with Crippen molar-refractivity contribution >= 4 is 11.8 Å². The number of hydrogen-bond donors (Lipinski definition) is 1. The Bertz CT molecular complexity index is 350. The summed E-state index contributed by atoms with van der Waals surface area (Å²) in [5.74, 6) is 0. The predicted octanol–water partition coefficient (Wildman–Crippen LogP) is 3.24. The number of nitrogens with zero attached hydrogens (tertiary/aromatic N) is 1. The molecule has 0 radical (unpaired) electrons. The zero-order valence-corrected chi connectivity index (χ0v) is 12.5. The quantitative estimate of drug-likeness (QED) is 0.778. The van der Waals surface area contributed by atoms with Crippen molar-refractivity contribution in [3.05, 3.63) is 23.9 Å². The highest BCUT2D eigenvalue weighted by Gasteiger charge is 2.14. The van der Waals surface area contributed by atoms with Crippen molar-refractivity contribution in [2.24, 2.45) is 0 Å². The maximum atomic E-state index is 5.00. The molecule has 1 aromatic rings. The van der Waals surface area contributed by atoms with Gasteiger partial charge in [-0.2, -0.15) is 0 Å². The Hall–Kier alpha value is -0.580. The van der Waals surface area contributed by atoms with Crippen molar-refractivity contribution < 1.29 is 4.74 Å². The van der Waals surface area contributed by atoms with Gasteiger partial charge in [0.15, 0.2) is 0 Å². The van der Waals surface area contributed by atoms with Crippen LogP contribution in [0.1, 0.15) is 37.7 Å². The van der Waals surface area contributed by atoms with Crippen LogP contribution in [0.3, 0.4) is 0 Å². The van der Waals surface area contributed by atoms with Crippen LogP contribution in [0.15, 0.2) is 23.4 Å². The van der Waals surface area contributed by atoms with E-state index in [-0.39, 0.29) is 0 Å². The zero-order valence-electron chi connectivity index (χ0n) is 11.7. The summed E-state index contributed by atoms with van der Waals surface area (Å²) in [6.45, 7) is 2.50. The van der Waals surface area contributed by atoms with Crippen molar-refractivity contribution in [3.63, 3.8) is 0 Å². The van der Waals surface area contributed by atoms with Crippen LogP contribution in [0.25, 0.3) is 0 Å². The van der Waals surface area contributed by atoms with Crippen molar-refractivity contribution in [2.45, 2.75) is 48.9 Å². The standard InChI is InChI=1S/C15H24N2OS/c1-18-10-9-16-11-13-7-8-15(17-12-13)19-14-5-3-2-4-6-14/h7-8,12,14,16H,2-6,9-11H2,1H3. The summed E-state index contributed by atoms with van der Waals surface area (Å²) in [5, 5.41) is 5.29. The van der Waals surface area contributed by atoms with Gasteiger partial charge in [-0.15, -0.1) is 11.8 Å². The molecule has 0 aliphatic heterocycles. The molecule has 4 heteroatoms. The molecular formula is C15H24N2OS. The summed E-state index contributed by atoms with van der Waals surface area (Å²) in [6.07, 6.45) is 8.89. The summed E-state index contributed by atoms with van der Waals surface area (Å²) in [5.41, 5.74) is 1.24. The Kier molecular flexibility index (Phi) is 6.68. The Labute approximate surface area is 120 Å². The maximum absolute atomic E-state index is 5.00. The number of nitrogens with one attached hydrogen (secondary N) is 1. The molecule has 19 heavy (non-hydrogen) atoms. The molecule has 1 aliphatic rings. The normalized spacial score (nSPS) is 16.7. The summed E-state index contributed by atoms with van der Waals surface area (Å²) in [4.78, 5) is 4.56. The summed E-state index contributed by atoms with van der Waals surface area (Å²) in [6, 6.07) is 4.34. The smallest absolute Gasteiger partial charge is 0.0962 e. The summed E-state index contributed by atoms with van der Waals surface area (Å²) in [7, 11) is 1.72. The van der Waals surface area contributed by atoms with Crippen LogP contribution in [0, 0.1) is 0 Å². The minimum absolute atomic E-state index is 0.753. The van der Waals surface area contributed by atoms with Gasteiger partial charge in [0.25, 0.3) is 0 Å². The zero-order chi connectivity index (χ0) is 13.3. The SMILES string of the molecule is COCCNCc1ccc(SC2CCCCC2)nc1. The molecule has 1 heterocycles. The molecule has 1 N–H and O–H groups in total. The Morgan fingerprint density at radius 3 is 2.84 bits per heavy atom. The molecule has 106 valence electrons. The molecule has 1 aliphatic carbocycles. The Balaban J connectivity index is 1.74. The highest BCUT2D eigenvalue weighted by atomic mass is 32.2. The number of aromatic nitrogens is 1. The minimum Gasteiger partial charge on any atom is -0.383 e. The molecule has 1 aromatic heterocycles. The Morgan fingerprint density at radius 2 is 2.16 bits per heavy atom. The van der Waals surface area contributed by atoms with Crippen LogP contribution in [-0.2, 0) is 11.3 Å². The molecule has 3 nitrogen and oxygen atoms in total. The predicted molar refractivity (Wildman–Crippen MR) is 80.5 cm³/mol. The van der Waals surface area contributed by atoms with Crippen LogP contribution in [0.4, 0.5) is 0 Å². The monoisotopic (exact) mass is 280 g/mol. The number of pyridine rings is 1. The van der Waals surface area contributed by atoms with E-state index in [1.165, 1.54) is 42.7 Å².